The van der Waals surface area contributed by atoms with Gasteiger partial charge in [0.15, 0.2) is 0 Å². The molecule has 0 unspecified atom stereocenters. The molecule has 0 atom stereocenters. The summed E-state index contributed by atoms with van der Waals surface area (Å²) in [5.74, 6) is -0.465. The van der Waals surface area contributed by atoms with Gasteiger partial charge < -0.3 is 15.5 Å². The minimum Gasteiger partial charge on any atom is -0.394 e. The summed E-state index contributed by atoms with van der Waals surface area (Å²) in [6, 6.07) is 4.77. The van der Waals surface area contributed by atoms with Gasteiger partial charge in [0, 0.05) is 37.2 Å². The second-order valence-corrected chi connectivity index (χ2v) is 6.94. The van der Waals surface area contributed by atoms with E-state index in [1.807, 2.05) is 0 Å². The van der Waals surface area contributed by atoms with E-state index in [4.69, 9.17) is 10.9 Å². The second-order valence-electron chi connectivity index (χ2n) is 5.69. The summed E-state index contributed by atoms with van der Waals surface area (Å²) in [5.41, 5.74) is 7.28. The standard InChI is InChI=1S/C15H21N5O4S2/c1-10-8-11(2-3-13(10)18-26(23)24)14(21)19-4-6-20(7-5-19)15(22)12(16)9-25-17/h2-3,8-9,26H,4-7,16-17H2,1H3,(H,18,23,24)/b12-9-. The van der Waals surface area contributed by atoms with Crippen LogP contribution in [0.5, 0.6) is 0 Å². The van der Waals surface area contributed by atoms with Crippen molar-refractivity contribution in [2.75, 3.05) is 30.9 Å². The van der Waals surface area contributed by atoms with Crippen molar-refractivity contribution in [3.05, 3.63) is 40.4 Å². The number of benzene rings is 1. The largest absolute Gasteiger partial charge is 0.394 e. The molecule has 2 amide bonds. The molecule has 0 bridgehead atoms. The monoisotopic (exact) mass is 399 g/mol. The fraction of sp³-hybridized carbons (Fsp3) is 0.333. The molecule has 1 aromatic carbocycles. The maximum atomic E-state index is 12.6. The third-order valence-electron chi connectivity index (χ3n) is 3.98. The Morgan fingerprint density at radius 1 is 1.19 bits per heavy atom. The smallest absolute Gasteiger partial charge is 0.270 e. The van der Waals surface area contributed by atoms with Gasteiger partial charge in [0.2, 0.25) is 10.9 Å². The summed E-state index contributed by atoms with van der Waals surface area (Å²) in [5, 5.41) is 6.65. The van der Waals surface area contributed by atoms with E-state index in [1.165, 1.54) is 5.41 Å². The van der Waals surface area contributed by atoms with Crippen LogP contribution in [0, 0.1) is 6.92 Å². The molecular weight excluding hydrogens is 378 g/mol. The number of anilines is 1. The van der Waals surface area contributed by atoms with Crippen molar-refractivity contribution >= 4 is 40.3 Å². The van der Waals surface area contributed by atoms with E-state index in [0.717, 1.165) is 11.9 Å². The quantitative estimate of drug-likeness (QED) is 0.301. The lowest BCUT2D eigenvalue weighted by molar-refractivity contribution is -0.128. The molecule has 0 radical (unpaired) electrons. The predicted molar refractivity (Wildman–Crippen MR) is 102 cm³/mol. The molecule has 0 aliphatic carbocycles. The molecule has 2 rings (SSSR count). The molecule has 1 saturated heterocycles. The summed E-state index contributed by atoms with van der Waals surface area (Å²) < 4.78 is 23.8. The first-order chi connectivity index (χ1) is 12.3. The summed E-state index contributed by atoms with van der Waals surface area (Å²) in [7, 11) is -2.76. The number of amides is 2. The van der Waals surface area contributed by atoms with Gasteiger partial charge >= 0.3 is 0 Å². The van der Waals surface area contributed by atoms with Crippen molar-refractivity contribution in [2.45, 2.75) is 6.92 Å². The minimum absolute atomic E-state index is 0.0766. The van der Waals surface area contributed by atoms with E-state index in [1.54, 1.807) is 34.9 Å². The lowest BCUT2D eigenvalue weighted by atomic mass is 10.1. The van der Waals surface area contributed by atoms with E-state index in [-0.39, 0.29) is 17.5 Å². The Balaban J connectivity index is 2.01. The van der Waals surface area contributed by atoms with Crippen LogP contribution in [0.3, 0.4) is 0 Å². The average molecular weight is 399 g/mol. The molecule has 0 spiro atoms. The van der Waals surface area contributed by atoms with E-state index in [0.29, 0.717) is 43.0 Å². The molecule has 0 aromatic heterocycles. The van der Waals surface area contributed by atoms with Crippen molar-refractivity contribution < 1.29 is 18.0 Å². The molecule has 1 heterocycles. The first-order valence-corrected chi connectivity index (χ1v) is 9.87. The molecule has 11 heteroatoms. The van der Waals surface area contributed by atoms with Gasteiger partial charge in [-0.05, 0) is 30.7 Å². The SMILES string of the molecule is Cc1cc(C(=O)N2CCN(C(=O)/C(N)=C/SN)CC2)ccc1N[SH](=O)=O. The van der Waals surface area contributed by atoms with Crippen molar-refractivity contribution in [2.24, 2.45) is 10.9 Å². The zero-order valence-corrected chi connectivity index (χ0v) is 15.9. The number of rotatable bonds is 5. The van der Waals surface area contributed by atoms with Gasteiger partial charge in [0.25, 0.3) is 11.8 Å². The van der Waals surface area contributed by atoms with Gasteiger partial charge in [-0.15, -0.1) is 0 Å². The summed E-state index contributed by atoms with van der Waals surface area (Å²) in [6.07, 6.45) is 0. The van der Waals surface area contributed by atoms with Gasteiger partial charge in [-0.3, -0.25) is 19.5 Å². The minimum atomic E-state index is -2.76. The Bertz CT molecular complexity index is 793. The van der Waals surface area contributed by atoms with Gasteiger partial charge in [-0.1, -0.05) is 11.9 Å². The van der Waals surface area contributed by atoms with Crippen LogP contribution < -0.4 is 15.6 Å². The Morgan fingerprint density at radius 3 is 2.35 bits per heavy atom. The highest BCUT2D eigenvalue weighted by Crippen LogP contribution is 2.18. The number of thiol groups is 1. The molecule has 1 fully saturated rings. The average Bonchev–Trinajstić information content (AvgIpc) is 2.62. The Hall–Kier alpha value is -2.24. The topological polar surface area (TPSA) is 139 Å². The van der Waals surface area contributed by atoms with E-state index >= 15 is 0 Å². The Morgan fingerprint density at radius 2 is 1.81 bits per heavy atom. The number of hydrogen-bond donors (Lipinski definition) is 4. The van der Waals surface area contributed by atoms with Crippen molar-refractivity contribution in [1.82, 2.24) is 9.80 Å². The van der Waals surface area contributed by atoms with Crippen LogP contribution in [0.15, 0.2) is 29.3 Å². The van der Waals surface area contributed by atoms with Gasteiger partial charge in [0.1, 0.15) is 5.70 Å². The van der Waals surface area contributed by atoms with E-state index in [9.17, 15) is 18.0 Å². The molecule has 5 N–H and O–H groups in total. The number of hydrogen-bond acceptors (Lipinski definition) is 7. The lowest BCUT2D eigenvalue weighted by Crippen LogP contribution is -2.51. The van der Waals surface area contributed by atoms with Crippen molar-refractivity contribution in [3.8, 4) is 0 Å². The zero-order valence-electron chi connectivity index (χ0n) is 14.2. The van der Waals surface area contributed by atoms with Crippen molar-refractivity contribution in [3.63, 3.8) is 0 Å². The van der Waals surface area contributed by atoms with Crippen LogP contribution in [-0.4, -0.2) is 56.2 Å². The summed E-state index contributed by atoms with van der Waals surface area (Å²) in [4.78, 5) is 28.0. The first kappa shape index (κ1) is 20.1. The van der Waals surface area contributed by atoms with Crippen LogP contribution in [0.2, 0.25) is 0 Å². The Kier molecular flexibility index (Phi) is 6.89. The molecule has 1 aliphatic rings. The number of piperazine rings is 1. The Labute approximate surface area is 157 Å². The number of nitrogens with zero attached hydrogens (tertiary/aromatic N) is 2. The second kappa shape index (κ2) is 8.92. The molecule has 0 saturated carbocycles. The van der Waals surface area contributed by atoms with Crippen LogP contribution in [0.1, 0.15) is 15.9 Å². The predicted octanol–water partition coefficient (Wildman–Crippen LogP) is -0.375. The molecule has 26 heavy (non-hydrogen) atoms. The van der Waals surface area contributed by atoms with Gasteiger partial charge in [-0.25, -0.2) is 8.42 Å². The lowest BCUT2D eigenvalue weighted by Gasteiger charge is -2.34. The number of aryl methyl sites for hydroxylation is 1. The number of nitrogens with two attached hydrogens (primary N) is 2. The molecule has 1 aromatic rings. The third kappa shape index (κ3) is 4.90. The van der Waals surface area contributed by atoms with Gasteiger partial charge in [-0.2, -0.15) is 0 Å². The summed E-state index contributed by atoms with van der Waals surface area (Å²) in [6.45, 7) is 3.25. The first-order valence-electron chi connectivity index (χ1n) is 7.75. The highest BCUT2D eigenvalue weighted by atomic mass is 32.2. The van der Waals surface area contributed by atoms with Crippen molar-refractivity contribution in [1.29, 1.82) is 0 Å². The molecule has 142 valence electrons. The third-order valence-corrected chi connectivity index (χ3v) is 4.79. The molecule has 1 aliphatic heterocycles. The maximum absolute atomic E-state index is 12.6. The van der Waals surface area contributed by atoms with Crippen LogP contribution >= 0.6 is 11.9 Å². The summed E-state index contributed by atoms with van der Waals surface area (Å²) >= 11 is 0.869. The zero-order chi connectivity index (χ0) is 19.3. The number of carbonyl (C=O) groups is 2. The highest BCUT2D eigenvalue weighted by molar-refractivity contribution is 8.00. The van der Waals surface area contributed by atoms with Gasteiger partial charge in [0.05, 0.1) is 5.69 Å². The molecule has 9 nitrogen and oxygen atoms in total. The highest BCUT2D eigenvalue weighted by Gasteiger charge is 2.26. The molecular formula is C15H21N5O4S2. The maximum Gasteiger partial charge on any atom is 0.270 e. The van der Waals surface area contributed by atoms with Crippen LogP contribution in [-0.2, 0) is 15.7 Å². The number of nitrogens with one attached hydrogen (secondary N) is 1. The van der Waals surface area contributed by atoms with E-state index < -0.39 is 10.9 Å². The fourth-order valence-electron chi connectivity index (χ4n) is 2.62. The van der Waals surface area contributed by atoms with Crippen LogP contribution in [0.25, 0.3) is 0 Å². The fourth-order valence-corrected chi connectivity index (χ4v) is 3.32. The van der Waals surface area contributed by atoms with E-state index in [2.05, 4.69) is 4.72 Å². The normalized spacial score (nSPS) is 15.3. The number of carbonyl (C=O) groups excluding carboxylic acids is 2. The van der Waals surface area contributed by atoms with Crippen LogP contribution in [0.4, 0.5) is 5.69 Å².